The maximum absolute atomic E-state index is 12.6. The Labute approximate surface area is 121 Å². The third-order valence-electron chi connectivity index (χ3n) is 4.15. The second kappa shape index (κ2) is 5.77. The molecule has 0 unspecified atom stereocenters. The Morgan fingerprint density at radius 2 is 1.95 bits per heavy atom. The average molecular weight is 276 g/mol. The quantitative estimate of drug-likeness (QED) is 0.848. The lowest BCUT2D eigenvalue weighted by molar-refractivity contribution is -0.120. The lowest BCUT2D eigenvalue weighted by atomic mass is 10.0. The van der Waals surface area contributed by atoms with Crippen LogP contribution < -0.4 is 9.80 Å². The van der Waals surface area contributed by atoms with Crippen LogP contribution in [-0.4, -0.2) is 35.0 Å². The minimum atomic E-state index is -0.119. The second-order valence-electron chi connectivity index (χ2n) is 5.32. The Balaban J connectivity index is 2.59. The summed E-state index contributed by atoms with van der Waals surface area (Å²) in [6.07, 6.45) is 4.57. The van der Waals surface area contributed by atoms with Crippen molar-refractivity contribution >= 4 is 17.4 Å². The van der Waals surface area contributed by atoms with Gasteiger partial charge in [-0.15, -0.1) is 0 Å². The minimum absolute atomic E-state index is 0.119. The first kappa shape index (κ1) is 14.8. The third-order valence-corrected chi connectivity index (χ3v) is 4.15. The Kier molecular flexibility index (Phi) is 4.26. The van der Waals surface area contributed by atoms with Crippen molar-refractivity contribution in [3.8, 4) is 0 Å². The molecule has 1 aliphatic heterocycles. The second-order valence-corrected chi connectivity index (χ2v) is 5.32. The largest absolute Gasteiger partial charge is 0.340 e. The standard InChI is InChI=1S/C15H24N4O/c1-6-11(7-2)19-12(8-3)15(20)18(5)13-9-16-10(4)17-14(13)19/h9,11-12H,6-8H2,1-5H3/t12-/m1/s1. The molecule has 5 heteroatoms. The molecule has 0 fully saturated rings. The zero-order valence-electron chi connectivity index (χ0n) is 13.1. The van der Waals surface area contributed by atoms with Crippen LogP contribution in [-0.2, 0) is 4.79 Å². The van der Waals surface area contributed by atoms with Crippen LogP contribution in [0.2, 0.25) is 0 Å². The monoisotopic (exact) mass is 276 g/mol. The molecule has 1 aliphatic rings. The summed E-state index contributed by atoms with van der Waals surface area (Å²) in [6, 6.07) is 0.220. The van der Waals surface area contributed by atoms with Crippen molar-refractivity contribution in [3.05, 3.63) is 12.0 Å². The van der Waals surface area contributed by atoms with Gasteiger partial charge < -0.3 is 9.80 Å². The maximum atomic E-state index is 12.6. The molecule has 0 saturated heterocycles. The van der Waals surface area contributed by atoms with Crippen molar-refractivity contribution in [2.75, 3.05) is 16.8 Å². The van der Waals surface area contributed by atoms with E-state index in [1.165, 1.54) is 0 Å². The number of anilines is 2. The molecule has 1 amide bonds. The number of amides is 1. The van der Waals surface area contributed by atoms with Crippen molar-refractivity contribution < 1.29 is 4.79 Å². The van der Waals surface area contributed by atoms with E-state index in [9.17, 15) is 4.79 Å². The first-order chi connectivity index (χ1) is 9.54. The smallest absolute Gasteiger partial charge is 0.249 e. The van der Waals surface area contributed by atoms with Gasteiger partial charge in [0.15, 0.2) is 5.82 Å². The molecule has 2 heterocycles. The van der Waals surface area contributed by atoms with Crippen LogP contribution in [0.5, 0.6) is 0 Å². The van der Waals surface area contributed by atoms with Gasteiger partial charge in [0.05, 0.1) is 6.20 Å². The number of hydrogen-bond donors (Lipinski definition) is 0. The van der Waals surface area contributed by atoms with Crippen LogP contribution in [0.4, 0.5) is 11.5 Å². The summed E-state index contributed by atoms with van der Waals surface area (Å²) >= 11 is 0. The zero-order chi connectivity index (χ0) is 14.9. The lowest BCUT2D eigenvalue weighted by Gasteiger charge is -2.44. The van der Waals surface area contributed by atoms with Gasteiger partial charge in [0.25, 0.3) is 0 Å². The van der Waals surface area contributed by atoms with E-state index < -0.39 is 0 Å². The summed E-state index contributed by atoms with van der Waals surface area (Å²) in [5.41, 5.74) is 0.817. The summed E-state index contributed by atoms with van der Waals surface area (Å²) in [5, 5.41) is 0. The molecule has 5 nitrogen and oxygen atoms in total. The van der Waals surface area contributed by atoms with Crippen LogP contribution in [0.1, 0.15) is 45.9 Å². The Bertz CT molecular complexity index is 499. The average Bonchev–Trinajstić information content (AvgIpc) is 2.45. The highest BCUT2D eigenvalue weighted by atomic mass is 16.2. The number of aromatic nitrogens is 2. The van der Waals surface area contributed by atoms with Gasteiger partial charge in [0, 0.05) is 13.1 Å². The van der Waals surface area contributed by atoms with Crippen LogP contribution in [0, 0.1) is 6.92 Å². The van der Waals surface area contributed by atoms with Gasteiger partial charge in [-0.1, -0.05) is 20.8 Å². The SMILES string of the molecule is CCC(CC)N1c2nc(C)ncc2N(C)C(=O)[C@H]1CC. The van der Waals surface area contributed by atoms with Crippen LogP contribution in [0.25, 0.3) is 0 Å². The Morgan fingerprint density at radius 1 is 1.30 bits per heavy atom. The molecule has 0 bridgehead atoms. The van der Waals surface area contributed by atoms with Crippen molar-refractivity contribution in [1.82, 2.24) is 9.97 Å². The number of carbonyl (C=O) groups is 1. The molecule has 0 saturated carbocycles. The van der Waals surface area contributed by atoms with E-state index in [0.717, 1.165) is 36.6 Å². The summed E-state index contributed by atoms with van der Waals surface area (Å²) in [4.78, 5) is 25.3. The van der Waals surface area contributed by atoms with Gasteiger partial charge in [-0.3, -0.25) is 4.79 Å². The Morgan fingerprint density at radius 3 is 2.50 bits per heavy atom. The van der Waals surface area contributed by atoms with E-state index >= 15 is 0 Å². The molecule has 2 rings (SSSR count). The van der Waals surface area contributed by atoms with E-state index in [-0.39, 0.29) is 11.9 Å². The first-order valence-corrected chi connectivity index (χ1v) is 7.44. The molecular formula is C15H24N4O. The fourth-order valence-corrected chi connectivity index (χ4v) is 2.97. The van der Waals surface area contributed by atoms with Crippen LogP contribution in [0.3, 0.4) is 0 Å². The molecule has 110 valence electrons. The predicted molar refractivity (Wildman–Crippen MR) is 81.1 cm³/mol. The lowest BCUT2D eigenvalue weighted by Crippen LogP contribution is -2.56. The van der Waals surface area contributed by atoms with Crippen molar-refractivity contribution in [1.29, 1.82) is 0 Å². The van der Waals surface area contributed by atoms with E-state index in [4.69, 9.17) is 0 Å². The summed E-state index contributed by atoms with van der Waals surface area (Å²) < 4.78 is 0. The number of hydrogen-bond acceptors (Lipinski definition) is 4. The number of fused-ring (bicyclic) bond motifs is 1. The van der Waals surface area contributed by atoms with Crippen molar-refractivity contribution in [2.24, 2.45) is 0 Å². The molecule has 0 aliphatic carbocycles. The molecule has 0 radical (unpaired) electrons. The number of rotatable bonds is 4. The molecule has 0 N–H and O–H groups in total. The van der Waals surface area contributed by atoms with Gasteiger partial charge >= 0.3 is 0 Å². The normalized spacial score (nSPS) is 18.7. The molecule has 1 aromatic heterocycles. The fraction of sp³-hybridized carbons (Fsp3) is 0.667. The maximum Gasteiger partial charge on any atom is 0.249 e. The first-order valence-electron chi connectivity index (χ1n) is 7.44. The van der Waals surface area contributed by atoms with E-state index in [2.05, 4.69) is 35.6 Å². The van der Waals surface area contributed by atoms with Crippen molar-refractivity contribution in [3.63, 3.8) is 0 Å². The minimum Gasteiger partial charge on any atom is -0.340 e. The fourth-order valence-electron chi connectivity index (χ4n) is 2.97. The molecule has 1 atom stereocenters. The van der Waals surface area contributed by atoms with E-state index in [0.29, 0.717) is 6.04 Å². The molecule has 1 aromatic rings. The number of carbonyl (C=O) groups excluding carboxylic acids is 1. The molecule has 0 spiro atoms. The molecule has 0 aromatic carbocycles. The Hall–Kier alpha value is -1.65. The van der Waals surface area contributed by atoms with Crippen LogP contribution in [0.15, 0.2) is 6.20 Å². The van der Waals surface area contributed by atoms with E-state index in [1.807, 2.05) is 14.0 Å². The summed E-state index contributed by atoms with van der Waals surface area (Å²) in [6.45, 7) is 8.28. The highest BCUT2D eigenvalue weighted by Crippen LogP contribution is 2.36. The zero-order valence-corrected chi connectivity index (χ0v) is 13.1. The predicted octanol–water partition coefficient (Wildman–Crippen LogP) is 2.54. The summed E-state index contributed by atoms with van der Waals surface area (Å²) in [5.74, 6) is 1.79. The van der Waals surface area contributed by atoms with Gasteiger partial charge in [-0.25, -0.2) is 9.97 Å². The van der Waals surface area contributed by atoms with Gasteiger partial charge in [-0.2, -0.15) is 0 Å². The highest BCUT2D eigenvalue weighted by Gasteiger charge is 2.39. The van der Waals surface area contributed by atoms with Crippen molar-refractivity contribution in [2.45, 2.75) is 59.0 Å². The number of nitrogens with zero attached hydrogens (tertiary/aromatic N) is 4. The number of aryl methyl sites for hydroxylation is 1. The topological polar surface area (TPSA) is 49.3 Å². The summed E-state index contributed by atoms with van der Waals surface area (Å²) in [7, 11) is 1.81. The number of likely N-dealkylation sites (N-methyl/N-ethyl adjacent to an activating group) is 1. The van der Waals surface area contributed by atoms with Gasteiger partial charge in [0.1, 0.15) is 17.6 Å². The van der Waals surface area contributed by atoms with Gasteiger partial charge in [-0.05, 0) is 26.2 Å². The molecule has 20 heavy (non-hydrogen) atoms. The van der Waals surface area contributed by atoms with Gasteiger partial charge in [0.2, 0.25) is 5.91 Å². The van der Waals surface area contributed by atoms with Crippen LogP contribution >= 0.6 is 0 Å². The molecular weight excluding hydrogens is 252 g/mol. The third kappa shape index (κ3) is 2.25. The highest BCUT2D eigenvalue weighted by molar-refractivity contribution is 6.04. The van der Waals surface area contributed by atoms with E-state index in [1.54, 1.807) is 11.1 Å².